The minimum atomic E-state index is 0.328. The quantitative estimate of drug-likeness (QED) is 0.156. The van der Waals surface area contributed by atoms with Crippen LogP contribution >= 0.6 is 0 Å². The first-order valence-electron chi connectivity index (χ1n) is 13.1. The highest BCUT2D eigenvalue weighted by Gasteiger charge is 2.21. The number of hydrogen-bond acceptors (Lipinski definition) is 7. The molecule has 0 bridgehead atoms. The molecule has 3 aromatic rings. The van der Waals surface area contributed by atoms with Gasteiger partial charge in [-0.15, -0.1) is 0 Å². The van der Waals surface area contributed by atoms with E-state index >= 15 is 0 Å². The number of nitrogens with one attached hydrogen (secondary N) is 1. The van der Waals surface area contributed by atoms with Crippen molar-refractivity contribution >= 4 is 11.7 Å². The lowest BCUT2D eigenvalue weighted by Gasteiger charge is -2.15. The van der Waals surface area contributed by atoms with Gasteiger partial charge in [0.05, 0.1) is 19.3 Å². The lowest BCUT2D eigenvalue weighted by molar-refractivity contribution is 0.148. The third-order valence-corrected chi connectivity index (χ3v) is 6.60. The zero-order valence-electron chi connectivity index (χ0n) is 22.2. The lowest BCUT2D eigenvalue weighted by Crippen LogP contribution is -2.19. The summed E-state index contributed by atoms with van der Waals surface area (Å²) in [7, 11) is 3.24. The summed E-state index contributed by atoms with van der Waals surface area (Å²) in [6, 6.07) is 13.3. The summed E-state index contributed by atoms with van der Waals surface area (Å²) in [5, 5.41) is 3.31. The van der Waals surface area contributed by atoms with Crippen molar-refractivity contribution in [3.8, 4) is 17.3 Å². The van der Waals surface area contributed by atoms with Gasteiger partial charge in [0.2, 0.25) is 0 Å². The van der Waals surface area contributed by atoms with Crippen LogP contribution in [0.2, 0.25) is 0 Å². The molecule has 1 aromatic carbocycles. The summed E-state index contributed by atoms with van der Waals surface area (Å²) in [5.41, 5.74) is 11.1. The van der Waals surface area contributed by atoms with Gasteiger partial charge in [-0.2, -0.15) is 4.98 Å². The van der Waals surface area contributed by atoms with Crippen molar-refractivity contribution in [2.75, 3.05) is 45.9 Å². The largest absolute Gasteiger partial charge is 0.468 e. The van der Waals surface area contributed by atoms with Crippen LogP contribution in [0.15, 0.2) is 47.6 Å². The number of anilines is 1. The van der Waals surface area contributed by atoms with Gasteiger partial charge in [-0.05, 0) is 49.5 Å². The van der Waals surface area contributed by atoms with Crippen LogP contribution in [0.4, 0.5) is 5.82 Å². The highest BCUT2D eigenvalue weighted by atomic mass is 16.5. The minimum absolute atomic E-state index is 0.328. The summed E-state index contributed by atoms with van der Waals surface area (Å²) in [6.45, 7) is 7.10. The Morgan fingerprint density at radius 1 is 1.08 bits per heavy atom. The number of benzene rings is 1. The molecule has 1 aliphatic rings. The lowest BCUT2D eigenvalue weighted by atomic mass is 10.1. The molecule has 4 rings (SSSR count). The molecule has 3 heterocycles. The number of unbranched alkanes of at least 4 members (excludes halogenated alkanes) is 1. The Bertz CT molecular complexity index is 1150. The van der Waals surface area contributed by atoms with Gasteiger partial charge in [-0.3, -0.25) is 19.4 Å². The van der Waals surface area contributed by atoms with Gasteiger partial charge in [-0.25, -0.2) is 0 Å². The summed E-state index contributed by atoms with van der Waals surface area (Å²) in [6.07, 6.45) is 6.60. The number of amidine groups is 1. The number of pyridine rings is 1. The maximum Gasteiger partial charge on any atom is 0.298 e. The van der Waals surface area contributed by atoms with Crippen LogP contribution in [-0.4, -0.2) is 65.9 Å². The molecule has 0 amide bonds. The van der Waals surface area contributed by atoms with E-state index in [9.17, 15) is 0 Å². The molecule has 198 valence electrons. The molecule has 0 radical (unpaired) electrons. The topological polar surface area (TPSA) is 103 Å². The summed E-state index contributed by atoms with van der Waals surface area (Å²) >= 11 is 0. The van der Waals surface area contributed by atoms with Gasteiger partial charge in [0, 0.05) is 32.0 Å². The van der Waals surface area contributed by atoms with Gasteiger partial charge in [0.25, 0.3) is 6.01 Å². The standard InChI is InChI=1S/C28H39N7O2/c1-4-5-16-37-20-32-27-25(26(29)30-2)33-28(36-3)35(27)19-22-10-13-24(31-17-22)23-11-8-21(9-12-23)18-34-14-6-7-15-34/h8-13,17,32H,4-7,14-16,18-20H2,1-3H3,(H2,29,30). The Morgan fingerprint density at radius 2 is 1.84 bits per heavy atom. The second-order valence-electron chi connectivity index (χ2n) is 9.31. The molecule has 3 N–H and O–H groups in total. The number of rotatable bonds is 13. The van der Waals surface area contributed by atoms with E-state index < -0.39 is 0 Å². The van der Waals surface area contributed by atoms with E-state index in [1.165, 1.54) is 31.5 Å². The fourth-order valence-corrected chi connectivity index (χ4v) is 4.49. The predicted octanol–water partition coefficient (Wildman–Crippen LogP) is 4.12. The molecule has 2 aromatic heterocycles. The number of ether oxygens (including phenoxy) is 2. The first kappa shape index (κ1) is 26.6. The number of aromatic nitrogens is 3. The Kier molecular flexibility index (Phi) is 9.51. The first-order valence-corrected chi connectivity index (χ1v) is 13.1. The number of imidazole rings is 1. The Labute approximate surface area is 219 Å². The Balaban J connectivity index is 1.48. The SMILES string of the molecule is CCCCOCNc1c(C(N)=NC)nc(OC)n1Cc1ccc(-c2ccc(CN3CCCC3)cc2)nc1. The molecule has 0 aliphatic carbocycles. The van der Waals surface area contributed by atoms with E-state index in [2.05, 4.69) is 63.5 Å². The van der Waals surface area contributed by atoms with Crippen molar-refractivity contribution < 1.29 is 9.47 Å². The molecule has 1 aliphatic heterocycles. The monoisotopic (exact) mass is 505 g/mol. The van der Waals surface area contributed by atoms with Crippen molar-refractivity contribution in [1.29, 1.82) is 0 Å². The molecular weight excluding hydrogens is 466 g/mol. The minimum Gasteiger partial charge on any atom is -0.468 e. The maximum atomic E-state index is 6.14. The van der Waals surface area contributed by atoms with Crippen molar-refractivity contribution in [3.05, 3.63) is 59.4 Å². The number of aliphatic imine (C=N–C) groups is 1. The van der Waals surface area contributed by atoms with Crippen LogP contribution in [-0.2, 0) is 17.8 Å². The molecule has 9 heteroatoms. The van der Waals surface area contributed by atoms with Crippen LogP contribution < -0.4 is 15.8 Å². The zero-order valence-corrected chi connectivity index (χ0v) is 22.2. The predicted molar refractivity (Wildman–Crippen MR) is 148 cm³/mol. The fraction of sp³-hybridized carbons (Fsp3) is 0.464. The van der Waals surface area contributed by atoms with Crippen molar-refractivity contribution in [2.24, 2.45) is 10.7 Å². The van der Waals surface area contributed by atoms with Crippen LogP contribution in [0.1, 0.15) is 49.4 Å². The molecule has 37 heavy (non-hydrogen) atoms. The maximum absolute atomic E-state index is 6.14. The molecule has 0 atom stereocenters. The summed E-state index contributed by atoms with van der Waals surface area (Å²) in [4.78, 5) is 15.9. The van der Waals surface area contributed by atoms with Crippen LogP contribution in [0.25, 0.3) is 11.3 Å². The first-order chi connectivity index (χ1) is 18.1. The van der Waals surface area contributed by atoms with Crippen molar-refractivity contribution in [1.82, 2.24) is 19.4 Å². The number of likely N-dealkylation sites (tertiary alicyclic amines) is 1. The van der Waals surface area contributed by atoms with Crippen LogP contribution in [0, 0.1) is 0 Å². The molecule has 0 unspecified atom stereocenters. The van der Waals surface area contributed by atoms with Gasteiger partial charge in [-0.1, -0.05) is 43.7 Å². The number of nitrogens with zero attached hydrogens (tertiary/aromatic N) is 5. The van der Waals surface area contributed by atoms with E-state index in [4.69, 9.17) is 20.2 Å². The average Bonchev–Trinajstić information content (AvgIpc) is 3.57. The average molecular weight is 506 g/mol. The molecular formula is C28H39N7O2. The highest BCUT2D eigenvalue weighted by Crippen LogP contribution is 2.26. The van der Waals surface area contributed by atoms with Crippen molar-refractivity contribution in [2.45, 2.75) is 45.7 Å². The van der Waals surface area contributed by atoms with Crippen LogP contribution in [0.3, 0.4) is 0 Å². The van der Waals surface area contributed by atoms with Gasteiger partial charge in [0.1, 0.15) is 18.4 Å². The second kappa shape index (κ2) is 13.2. The third-order valence-electron chi connectivity index (χ3n) is 6.60. The normalized spacial score (nSPS) is 14.3. The molecule has 0 spiro atoms. The smallest absolute Gasteiger partial charge is 0.298 e. The Hall–Kier alpha value is -3.43. The van der Waals surface area contributed by atoms with E-state index in [0.29, 0.717) is 43.2 Å². The van der Waals surface area contributed by atoms with Crippen LogP contribution in [0.5, 0.6) is 6.01 Å². The van der Waals surface area contributed by atoms with E-state index in [1.54, 1.807) is 14.2 Å². The van der Waals surface area contributed by atoms with E-state index in [1.807, 2.05) is 10.8 Å². The van der Waals surface area contributed by atoms with Gasteiger partial charge >= 0.3 is 0 Å². The van der Waals surface area contributed by atoms with E-state index in [-0.39, 0.29) is 0 Å². The second-order valence-corrected chi connectivity index (χ2v) is 9.31. The third kappa shape index (κ3) is 6.87. The molecule has 1 saturated heterocycles. The highest BCUT2D eigenvalue weighted by molar-refractivity contribution is 6.00. The number of nitrogens with two attached hydrogens (primary N) is 1. The number of methoxy groups -OCH3 is 1. The van der Waals surface area contributed by atoms with Gasteiger partial charge < -0.3 is 20.5 Å². The summed E-state index contributed by atoms with van der Waals surface area (Å²) < 4.78 is 13.2. The molecule has 0 saturated carbocycles. The summed E-state index contributed by atoms with van der Waals surface area (Å²) in [5.74, 6) is 1.03. The van der Waals surface area contributed by atoms with E-state index in [0.717, 1.165) is 36.2 Å². The number of hydrogen-bond donors (Lipinski definition) is 2. The molecule has 9 nitrogen and oxygen atoms in total. The fourth-order valence-electron chi connectivity index (χ4n) is 4.49. The molecule has 1 fully saturated rings. The zero-order chi connectivity index (χ0) is 26.0. The Morgan fingerprint density at radius 3 is 2.49 bits per heavy atom. The van der Waals surface area contributed by atoms with Crippen molar-refractivity contribution in [3.63, 3.8) is 0 Å². The van der Waals surface area contributed by atoms with Gasteiger partial charge in [0.15, 0.2) is 5.69 Å².